The second kappa shape index (κ2) is 7.96. The Morgan fingerprint density at radius 1 is 1.04 bits per heavy atom. The van der Waals surface area contributed by atoms with E-state index in [1.807, 2.05) is 30.3 Å². The first-order valence-electron chi connectivity index (χ1n) is 7.73. The van der Waals surface area contributed by atoms with E-state index in [1.54, 1.807) is 18.2 Å². The zero-order valence-corrected chi connectivity index (χ0v) is 13.4. The number of rotatable bonds is 6. The van der Waals surface area contributed by atoms with Crippen LogP contribution < -0.4 is 20.2 Å². The number of carbonyl (C=O) groups excluding carboxylic acids is 2. The minimum absolute atomic E-state index is 0.199. The van der Waals surface area contributed by atoms with Crippen molar-refractivity contribution in [3.8, 4) is 11.5 Å². The van der Waals surface area contributed by atoms with Crippen molar-refractivity contribution in [2.75, 3.05) is 6.79 Å². The molecule has 7 nitrogen and oxygen atoms in total. The summed E-state index contributed by atoms with van der Waals surface area (Å²) in [6.07, 6.45) is 1.19. The molecule has 1 heterocycles. The number of carbonyl (C=O) groups is 2. The summed E-state index contributed by atoms with van der Waals surface area (Å²) in [4.78, 5) is 23.4. The van der Waals surface area contributed by atoms with E-state index >= 15 is 0 Å². The van der Waals surface area contributed by atoms with Gasteiger partial charge in [0.2, 0.25) is 18.6 Å². The fourth-order valence-electron chi connectivity index (χ4n) is 2.22. The molecule has 0 saturated carbocycles. The highest BCUT2D eigenvalue weighted by Gasteiger charge is 2.12. The van der Waals surface area contributed by atoms with Crippen molar-refractivity contribution in [2.45, 2.75) is 13.0 Å². The molecular formula is C18H17N3O4. The van der Waals surface area contributed by atoms with Gasteiger partial charge in [-0.1, -0.05) is 30.3 Å². The molecule has 2 aromatic rings. The van der Waals surface area contributed by atoms with Crippen molar-refractivity contribution in [2.24, 2.45) is 5.10 Å². The zero-order chi connectivity index (χ0) is 17.5. The van der Waals surface area contributed by atoms with Gasteiger partial charge in [-0.15, -0.1) is 0 Å². The van der Waals surface area contributed by atoms with Crippen LogP contribution in [-0.2, 0) is 16.1 Å². The normalized spacial score (nSPS) is 12.2. The Bertz CT molecular complexity index is 790. The Kier molecular flexibility index (Phi) is 5.26. The van der Waals surface area contributed by atoms with Crippen molar-refractivity contribution >= 4 is 18.0 Å². The molecule has 2 aromatic carbocycles. The van der Waals surface area contributed by atoms with E-state index in [0.29, 0.717) is 18.0 Å². The molecule has 128 valence electrons. The lowest BCUT2D eigenvalue weighted by molar-refractivity contribution is -0.129. The first-order chi connectivity index (χ1) is 12.2. The number of nitrogens with one attached hydrogen (secondary N) is 2. The highest BCUT2D eigenvalue weighted by atomic mass is 16.7. The van der Waals surface area contributed by atoms with E-state index in [9.17, 15) is 9.59 Å². The summed E-state index contributed by atoms with van der Waals surface area (Å²) in [7, 11) is 0. The molecular weight excluding hydrogens is 322 g/mol. The van der Waals surface area contributed by atoms with Crippen LogP contribution in [0.1, 0.15) is 17.5 Å². The molecule has 7 heteroatoms. The third-order valence-electron chi connectivity index (χ3n) is 3.45. The van der Waals surface area contributed by atoms with Crippen molar-refractivity contribution < 1.29 is 19.1 Å². The SMILES string of the molecule is O=C(CC(=O)NN=Cc1ccc2c(c1)OCO2)NCc1ccccc1. The van der Waals surface area contributed by atoms with E-state index < -0.39 is 5.91 Å². The quantitative estimate of drug-likeness (QED) is 0.475. The first kappa shape index (κ1) is 16.5. The minimum atomic E-state index is -0.484. The predicted octanol–water partition coefficient (Wildman–Crippen LogP) is 1.57. The third kappa shape index (κ3) is 4.81. The Labute approximate surface area is 144 Å². The van der Waals surface area contributed by atoms with Gasteiger partial charge in [0.15, 0.2) is 11.5 Å². The van der Waals surface area contributed by atoms with Crippen molar-refractivity contribution in [3.63, 3.8) is 0 Å². The molecule has 0 aliphatic carbocycles. The van der Waals surface area contributed by atoms with Gasteiger partial charge in [0.1, 0.15) is 6.42 Å². The second-order valence-corrected chi connectivity index (χ2v) is 5.34. The number of nitrogens with zero attached hydrogens (tertiary/aromatic N) is 1. The highest BCUT2D eigenvalue weighted by molar-refractivity contribution is 5.97. The van der Waals surface area contributed by atoms with Gasteiger partial charge in [-0.3, -0.25) is 9.59 Å². The van der Waals surface area contributed by atoms with E-state index in [1.165, 1.54) is 6.21 Å². The van der Waals surface area contributed by atoms with Crippen LogP contribution in [0.3, 0.4) is 0 Å². The molecule has 0 atom stereocenters. The average Bonchev–Trinajstić information content (AvgIpc) is 3.08. The maximum absolute atomic E-state index is 11.7. The number of fused-ring (bicyclic) bond motifs is 1. The largest absolute Gasteiger partial charge is 0.454 e. The van der Waals surface area contributed by atoms with E-state index in [4.69, 9.17) is 9.47 Å². The van der Waals surface area contributed by atoms with Gasteiger partial charge in [-0.2, -0.15) is 5.10 Å². The lowest BCUT2D eigenvalue weighted by Crippen LogP contribution is -2.29. The summed E-state index contributed by atoms with van der Waals surface area (Å²) < 4.78 is 10.5. The zero-order valence-electron chi connectivity index (χ0n) is 13.4. The van der Waals surface area contributed by atoms with Crippen LogP contribution in [0.15, 0.2) is 53.6 Å². The fraction of sp³-hybridized carbons (Fsp3) is 0.167. The number of hydrazone groups is 1. The molecule has 0 saturated heterocycles. The van der Waals surface area contributed by atoms with Crippen molar-refractivity contribution in [1.82, 2.24) is 10.7 Å². The monoisotopic (exact) mass is 339 g/mol. The second-order valence-electron chi connectivity index (χ2n) is 5.34. The summed E-state index contributed by atoms with van der Waals surface area (Å²) in [6.45, 7) is 0.582. The molecule has 0 bridgehead atoms. The molecule has 25 heavy (non-hydrogen) atoms. The maximum Gasteiger partial charge on any atom is 0.249 e. The Morgan fingerprint density at radius 2 is 1.84 bits per heavy atom. The van der Waals surface area contributed by atoms with E-state index in [-0.39, 0.29) is 19.1 Å². The summed E-state index contributed by atoms with van der Waals surface area (Å²) in [5.41, 5.74) is 4.04. The average molecular weight is 339 g/mol. The Hall–Kier alpha value is -3.35. The van der Waals surface area contributed by atoms with E-state index in [0.717, 1.165) is 11.1 Å². The third-order valence-corrected chi connectivity index (χ3v) is 3.45. The van der Waals surface area contributed by atoms with Gasteiger partial charge in [-0.25, -0.2) is 5.43 Å². The Morgan fingerprint density at radius 3 is 2.68 bits per heavy atom. The molecule has 1 aliphatic heterocycles. The minimum Gasteiger partial charge on any atom is -0.454 e. The molecule has 1 aliphatic rings. The molecule has 3 rings (SSSR count). The number of hydrogen-bond acceptors (Lipinski definition) is 5. The standard InChI is InChI=1S/C18H17N3O4/c22-17(19-10-13-4-2-1-3-5-13)9-18(23)21-20-11-14-6-7-15-16(8-14)25-12-24-15/h1-8,11H,9-10,12H2,(H,19,22)(H,21,23). The number of ether oxygens (including phenoxy) is 2. The van der Waals surface area contributed by atoms with Crippen LogP contribution in [0, 0.1) is 0 Å². The highest BCUT2D eigenvalue weighted by Crippen LogP contribution is 2.31. The van der Waals surface area contributed by atoms with Crippen LogP contribution in [0.25, 0.3) is 0 Å². The molecule has 0 radical (unpaired) electrons. The number of amides is 2. The smallest absolute Gasteiger partial charge is 0.249 e. The van der Waals surface area contributed by atoms with E-state index in [2.05, 4.69) is 15.8 Å². The van der Waals surface area contributed by atoms with Crippen LogP contribution in [0.5, 0.6) is 11.5 Å². The summed E-state index contributed by atoms with van der Waals surface area (Å²) >= 11 is 0. The van der Waals surface area contributed by atoms with Gasteiger partial charge in [-0.05, 0) is 29.3 Å². The molecule has 2 amide bonds. The fourth-order valence-corrected chi connectivity index (χ4v) is 2.22. The van der Waals surface area contributed by atoms with Crippen molar-refractivity contribution in [3.05, 3.63) is 59.7 Å². The van der Waals surface area contributed by atoms with Gasteiger partial charge in [0.05, 0.1) is 6.21 Å². The van der Waals surface area contributed by atoms with Crippen LogP contribution in [-0.4, -0.2) is 24.8 Å². The molecule has 0 aromatic heterocycles. The topological polar surface area (TPSA) is 89.0 Å². The van der Waals surface area contributed by atoms with Gasteiger partial charge in [0.25, 0.3) is 0 Å². The summed E-state index contributed by atoms with van der Waals surface area (Å²) in [5.74, 6) is 0.467. The first-order valence-corrected chi connectivity index (χ1v) is 7.73. The van der Waals surface area contributed by atoms with Gasteiger partial charge in [0, 0.05) is 6.54 Å². The van der Waals surface area contributed by atoms with Crippen molar-refractivity contribution in [1.29, 1.82) is 0 Å². The molecule has 0 fully saturated rings. The predicted molar refractivity (Wildman–Crippen MR) is 91.2 cm³/mol. The summed E-state index contributed by atoms with van der Waals surface area (Å²) in [5, 5.41) is 6.52. The number of hydrogen-bond donors (Lipinski definition) is 2. The van der Waals surface area contributed by atoms with Crippen LogP contribution in [0.2, 0.25) is 0 Å². The van der Waals surface area contributed by atoms with Crippen LogP contribution >= 0.6 is 0 Å². The van der Waals surface area contributed by atoms with Crippen LogP contribution in [0.4, 0.5) is 0 Å². The number of benzene rings is 2. The summed E-state index contributed by atoms with van der Waals surface area (Å²) in [6, 6.07) is 14.8. The molecule has 2 N–H and O–H groups in total. The lowest BCUT2D eigenvalue weighted by Gasteiger charge is -2.04. The molecule has 0 unspecified atom stereocenters. The maximum atomic E-state index is 11.7. The Balaban J connectivity index is 1.42. The van der Waals surface area contributed by atoms with Gasteiger partial charge >= 0.3 is 0 Å². The molecule has 0 spiro atoms. The van der Waals surface area contributed by atoms with Gasteiger partial charge < -0.3 is 14.8 Å². The lowest BCUT2D eigenvalue weighted by atomic mass is 10.2.